The molecule has 0 aromatic heterocycles. The summed E-state index contributed by atoms with van der Waals surface area (Å²) in [6, 6.07) is 6.43. The number of unbranched alkanes of at least 4 members (excludes halogenated alkanes) is 8. The lowest BCUT2D eigenvalue weighted by Crippen LogP contribution is -1.98. The lowest BCUT2D eigenvalue weighted by Gasteiger charge is -2.12. The summed E-state index contributed by atoms with van der Waals surface area (Å²) in [6.07, 6.45) is 13.0. The van der Waals surface area contributed by atoms with Crippen LogP contribution in [0.1, 0.15) is 88.2 Å². The Morgan fingerprint density at radius 1 is 0.704 bits per heavy atom. The molecule has 0 radical (unpaired) electrons. The minimum absolute atomic E-state index is 0.282. The van der Waals surface area contributed by atoms with E-state index < -0.39 is 11.9 Å². The molecule has 0 fully saturated rings. The Morgan fingerprint density at radius 3 is 1.74 bits per heavy atom. The molecule has 5 heteroatoms. The Labute approximate surface area is 171 Å². The number of hydrogen-bond acceptors (Lipinski definition) is 2. The molecule has 0 spiro atoms. The maximum absolute atomic E-state index is 10.5. The second kappa shape index (κ2) is 14.7. The third-order valence-electron chi connectivity index (χ3n) is 4.87. The number of carboxylic acids is 2. The van der Waals surface area contributed by atoms with Crippen molar-refractivity contribution in [2.24, 2.45) is 0 Å². The predicted octanol–water partition coefficient (Wildman–Crippen LogP) is 6.38. The zero-order valence-electron chi connectivity index (χ0n) is 16.2. The van der Waals surface area contributed by atoms with Crippen LogP contribution in [-0.2, 0) is 22.4 Å². The molecule has 0 aliphatic carbocycles. The predicted molar refractivity (Wildman–Crippen MR) is 112 cm³/mol. The number of benzene rings is 1. The van der Waals surface area contributed by atoms with Crippen molar-refractivity contribution in [2.45, 2.75) is 89.9 Å². The number of carboxylic acid groups (broad SMARTS) is 2. The molecule has 1 rings (SSSR count). The van der Waals surface area contributed by atoms with Gasteiger partial charge in [0.1, 0.15) is 0 Å². The van der Waals surface area contributed by atoms with E-state index >= 15 is 0 Å². The molecule has 0 heterocycles. The molecule has 0 aliphatic rings. The SMILES string of the molecule is O=C(O)CCCCCCCc1cccc(Br)c1CCCCCCCC(=O)O. The lowest BCUT2D eigenvalue weighted by molar-refractivity contribution is -0.138. The number of aliphatic carboxylic acids is 2. The molecule has 0 bridgehead atoms. The Balaban J connectivity index is 2.26. The maximum Gasteiger partial charge on any atom is 0.303 e. The molecular formula is C22H33BrO4. The summed E-state index contributed by atoms with van der Waals surface area (Å²) >= 11 is 3.69. The smallest absolute Gasteiger partial charge is 0.303 e. The molecule has 152 valence electrons. The van der Waals surface area contributed by atoms with E-state index in [2.05, 4.69) is 34.1 Å². The standard InChI is InChI=1S/C22H33BrO4/c23-20-15-11-13-18(12-7-3-1-5-9-16-21(24)25)19(20)14-8-4-2-6-10-17-22(26)27/h11,13,15H,1-10,12,14,16-17H2,(H,24,25)(H,26,27). The highest BCUT2D eigenvalue weighted by Gasteiger charge is 2.07. The van der Waals surface area contributed by atoms with Gasteiger partial charge in [-0.15, -0.1) is 0 Å². The second-order valence-corrected chi connectivity index (χ2v) is 8.05. The van der Waals surface area contributed by atoms with Crippen LogP contribution < -0.4 is 0 Å². The van der Waals surface area contributed by atoms with E-state index in [9.17, 15) is 9.59 Å². The minimum atomic E-state index is -0.699. The van der Waals surface area contributed by atoms with E-state index in [-0.39, 0.29) is 12.8 Å². The molecule has 4 nitrogen and oxygen atoms in total. The monoisotopic (exact) mass is 440 g/mol. The van der Waals surface area contributed by atoms with Crippen LogP contribution in [0.4, 0.5) is 0 Å². The Bertz CT molecular complexity index is 571. The van der Waals surface area contributed by atoms with Crippen molar-refractivity contribution >= 4 is 27.9 Å². The molecule has 1 aromatic rings. The molecule has 1 aromatic carbocycles. The molecule has 0 aliphatic heterocycles. The van der Waals surface area contributed by atoms with Crippen molar-refractivity contribution in [3.05, 3.63) is 33.8 Å². The van der Waals surface area contributed by atoms with Gasteiger partial charge < -0.3 is 10.2 Å². The van der Waals surface area contributed by atoms with Crippen LogP contribution in [0, 0.1) is 0 Å². The third-order valence-corrected chi connectivity index (χ3v) is 5.61. The fourth-order valence-corrected chi connectivity index (χ4v) is 3.95. The van der Waals surface area contributed by atoms with Crippen molar-refractivity contribution in [1.82, 2.24) is 0 Å². The molecule has 2 N–H and O–H groups in total. The summed E-state index contributed by atoms with van der Waals surface area (Å²) in [7, 11) is 0. The summed E-state index contributed by atoms with van der Waals surface area (Å²) in [5, 5.41) is 17.3. The van der Waals surface area contributed by atoms with E-state index in [1.807, 2.05) is 0 Å². The summed E-state index contributed by atoms with van der Waals surface area (Å²) < 4.78 is 1.19. The average Bonchev–Trinajstić information content (AvgIpc) is 2.61. The van der Waals surface area contributed by atoms with Crippen molar-refractivity contribution in [3.63, 3.8) is 0 Å². The van der Waals surface area contributed by atoms with Gasteiger partial charge in [0, 0.05) is 17.3 Å². The van der Waals surface area contributed by atoms with Crippen molar-refractivity contribution in [1.29, 1.82) is 0 Å². The summed E-state index contributed by atoms with van der Waals surface area (Å²) in [6.45, 7) is 0. The Hall–Kier alpha value is -1.36. The molecule has 0 amide bonds. The fraction of sp³-hybridized carbons (Fsp3) is 0.636. The van der Waals surface area contributed by atoms with Gasteiger partial charge >= 0.3 is 11.9 Å². The first kappa shape index (κ1) is 23.7. The molecule has 0 unspecified atom stereocenters. The van der Waals surface area contributed by atoms with E-state index in [1.54, 1.807) is 0 Å². The van der Waals surface area contributed by atoms with Gasteiger partial charge in [-0.3, -0.25) is 9.59 Å². The van der Waals surface area contributed by atoms with Gasteiger partial charge in [0.05, 0.1) is 0 Å². The van der Waals surface area contributed by atoms with Gasteiger partial charge in [0.15, 0.2) is 0 Å². The highest BCUT2D eigenvalue weighted by atomic mass is 79.9. The zero-order valence-corrected chi connectivity index (χ0v) is 17.8. The Kier molecular flexibility index (Phi) is 12.9. The van der Waals surface area contributed by atoms with Crippen LogP contribution >= 0.6 is 15.9 Å². The zero-order chi connectivity index (χ0) is 19.9. The lowest BCUT2D eigenvalue weighted by atomic mass is 9.96. The Morgan fingerprint density at radius 2 is 1.19 bits per heavy atom. The van der Waals surface area contributed by atoms with Crippen molar-refractivity contribution in [3.8, 4) is 0 Å². The quantitative estimate of drug-likeness (QED) is 0.292. The van der Waals surface area contributed by atoms with Crippen molar-refractivity contribution in [2.75, 3.05) is 0 Å². The summed E-state index contributed by atoms with van der Waals surface area (Å²) in [5.74, 6) is -1.40. The van der Waals surface area contributed by atoms with Crippen LogP contribution in [0.2, 0.25) is 0 Å². The molecule has 0 saturated carbocycles. The number of rotatable bonds is 16. The fourth-order valence-electron chi connectivity index (χ4n) is 3.35. The van der Waals surface area contributed by atoms with E-state index in [4.69, 9.17) is 10.2 Å². The first-order valence-electron chi connectivity index (χ1n) is 10.2. The first-order chi connectivity index (χ1) is 13.0. The maximum atomic E-state index is 10.5. The van der Waals surface area contributed by atoms with Gasteiger partial charge in [-0.05, 0) is 55.7 Å². The molecular weight excluding hydrogens is 408 g/mol. The average molecular weight is 441 g/mol. The number of hydrogen-bond donors (Lipinski definition) is 2. The van der Waals surface area contributed by atoms with Gasteiger partial charge in [0.2, 0.25) is 0 Å². The largest absolute Gasteiger partial charge is 0.481 e. The van der Waals surface area contributed by atoms with Gasteiger partial charge in [-0.1, -0.05) is 66.6 Å². The highest BCUT2D eigenvalue weighted by Crippen LogP contribution is 2.25. The topological polar surface area (TPSA) is 74.6 Å². The normalized spacial score (nSPS) is 10.9. The number of halogens is 1. The van der Waals surface area contributed by atoms with Crippen molar-refractivity contribution < 1.29 is 19.8 Å². The minimum Gasteiger partial charge on any atom is -0.481 e. The molecule has 0 saturated heterocycles. The second-order valence-electron chi connectivity index (χ2n) is 7.20. The highest BCUT2D eigenvalue weighted by molar-refractivity contribution is 9.10. The van der Waals surface area contributed by atoms with E-state index in [1.165, 1.54) is 15.6 Å². The van der Waals surface area contributed by atoms with Crippen LogP contribution in [0.3, 0.4) is 0 Å². The van der Waals surface area contributed by atoms with Crippen LogP contribution in [-0.4, -0.2) is 22.2 Å². The van der Waals surface area contributed by atoms with Crippen LogP contribution in [0.25, 0.3) is 0 Å². The number of aryl methyl sites for hydroxylation is 1. The van der Waals surface area contributed by atoms with E-state index in [0.29, 0.717) is 0 Å². The first-order valence-corrected chi connectivity index (χ1v) is 11.0. The molecule has 0 atom stereocenters. The van der Waals surface area contributed by atoms with Gasteiger partial charge in [-0.2, -0.15) is 0 Å². The van der Waals surface area contributed by atoms with E-state index in [0.717, 1.165) is 77.0 Å². The van der Waals surface area contributed by atoms with Crippen LogP contribution in [0.5, 0.6) is 0 Å². The summed E-state index contributed by atoms with van der Waals surface area (Å²) in [4.78, 5) is 21.0. The van der Waals surface area contributed by atoms with Gasteiger partial charge in [-0.25, -0.2) is 0 Å². The number of carbonyl (C=O) groups is 2. The molecule has 27 heavy (non-hydrogen) atoms. The third kappa shape index (κ3) is 11.9. The van der Waals surface area contributed by atoms with Crippen LogP contribution in [0.15, 0.2) is 22.7 Å². The van der Waals surface area contributed by atoms with Gasteiger partial charge in [0.25, 0.3) is 0 Å². The summed E-state index contributed by atoms with van der Waals surface area (Å²) in [5.41, 5.74) is 2.83.